The lowest BCUT2D eigenvalue weighted by molar-refractivity contribution is 0.145. The average molecular weight is 277 g/mol. The summed E-state index contributed by atoms with van der Waals surface area (Å²) in [5.41, 5.74) is 2.32. The van der Waals surface area contributed by atoms with Crippen LogP contribution in [-0.4, -0.2) is 39.4 Å². The maximum Gasteiger partial charge on any atom is 0.191 e. The van der Waals surface area contributed by atoms with Gasteiger partial charge in [-0.25, -0.2) is 0 Å². The Morgan fingerprint density at radius 3 is 3.00 bits per heavy atom. The number of ether oxygens (including phenoxy) is 2. The highest BCUT2D eigenvalue weighted by atomic mass is 16.5. The van der Waals surface area contributed by atoms with Gasteiger partial charge in [-0.2, -0.15) is 0 Å². The highest BCUT2D eigenvalue weighted by Crippen LogP contribution is 2.20. The molecule has 0 fully saturated rings. The van der Waals surface area contributed by atoms with E-state index in [1.54, 1.807) is 7.11 Å². The third kappa shape index (κ3) is 4.42. The lowest BCUT2D eigenvalue weighted by Gasteiger charge is -2.17. The number of aryl methyl sites for hydroxylation is 1. The van der Waals surface area contributed by atoms with E-state index in [9.17, 15) is 0 Å². The number of methoxy groups -OCH3 is 1. The van der Waals surface area contributed by atoms with Gasteiger partial charge >= 0.3 is 0 Å². The molecule has 0 radical (unpaired) electrons. The summed E-state index contributed by atoms with van der Waals surface area (Å²) in [7, 11) is 1.68. The smallest absolute Gasteiger partial charge is 0.191 e. The molecule has 0 saturated carbocycles. The van der Waals surface area contributed by atoms with Crippen LogP contribution in [0.15, 0.2) is 23.2 Å². The van der Waals surface area contributed by atoms with E-state index < -0.39 is 0 Å². The van der Waals surface area contributed by atoms with Crippen LogP contribution < -0.4 is 15.4 Å². The van der Waals surface area contributed by atoms with Crippen LogP contribution in [0.1, 0.15) is 17.5 Å². The molecule has 5 nitrogen and oxygen atoms in total. The fourth-order valence-corrected chi connectivity index (χ4v) is 2.01. The Hall–Kier alpha value is -1.75. The third-order valence-electron chi connectivity index (χ3n) is 3.11. The molecule has 5 heteroatoms. The molecule has 0 spiro atoms. The molecule has 1 heterocycles. The summed E-state index contributed by atoms with van der Waals surface area (Å²) < 4.78 is 10.8. The lowest BCUT2D eigenvalue weighted by atomic mass is 10.1. The zero-order valence-corrected chi connectivity index (χ0v) is 12.2. The molecule has 0 aliphatic carbocycles. The Labute approximate surface area is 120 Å². The number of hydrogen-bond donors (Lipinski definition) is 2. The third-order valence-corrected chi connectivity index (χ3v) is 3.11. The van der Waals surface area contributed by atoms with E-state index in [4.69, 9.17) is 9.47 Å². The molecule has 2 N–H and O–H groups in total. The predicted octanol–water partition coefficient (Wildman–Crippen LogP) is 1.46. The van der Waals surface area contributed by atoms with E-state index in [2.05, 4.69) is 40.7 Å². The Bertz CT molecular complexity index is 460. The molecule has 1 aliphatic rings. The maximum atomic E-state index is 5.77. The Kier molecular flexibility index (Phi) is 5.68. The molecule has 0 atom stereocenters. The molecule has 0 bridgehead atoms. The minimum Gasteiger partial charge on any atom is -0.491 e. The van der Waals surface area contributed by atoms with Gasteiger partial charge in [0.1, 0.15) is 12.4 Å². The van der Waals surface area contributed by atoms with E-state index >= 15 is 0 Å². The number of hydrogen-bond acceptors (Lipinski definition) is 5. The number of rotatable bonds is 6. The number of nitrogens with one attached hydrogen (secondary N) is 2. The van der Waals surface area contributed by atoms with Crippen molar-refractivity contribution in [3.63, 3.8) is 0 Å². The van der Waals surface area contributed by atoms with E-state index in [1.807, 2.05) is 0 Å². The second-order valence-electron chi connectivity index (χ2n) is 4.82. The maximum absolute atomic E-state index is 5.77. The van der Waals surface area contributed by atoms with Gasteiger partial charge in [-0.3, -0.25) is 4.99 Å². The van der Waals surface area contributed by atoms with Crippen LogP contribution in [0.3, 0.4) is 0 Å². The normalized spacial score (nSPS) is 14.4. The van der Waals surface area contributed by atoms with Crippen LogP contribution in [0.4, 0.5) is 0 Å². The van der Waals surface area contributed by atoms with Crippen molar-refractivity contribution in [2.24, 2.45) is 4.99 Å². The van der Waals surface area contributed by atoms with E-state index in [0.717, 1.165) is 36.8 Å². The number of aliphatic imine (C=N–C) groups is 1. The minimum atomic E-state index is 0.562. The molecule has 2 rings (SSSR count). The predicted molar refractivity (Wildman–Crippen MR) is 80.3 cm³/mol. The number of nitrogens with zero attached hydrogens (tertiary/aromatic N) is 1. The van der Waals surface area contributed by atoms with Crippen molar-refractivity contribution in [3.8, 4) is 5.75 Å². The van der Waals surface area contributed by atoms with Crippen LogP contribution in [0.5, 0.6) is 5.75 Å². The Balaban J connectivity index is 1.96. The average Bonchev–Trinajstić information content (AvgIpc) is 2.48. The molecule has 0 amide bonds. The summed E-state index contributed by atoms with van der Waals surface area (Å²) >= 11 is 0. The first kappa shape index (κ1) is 14.7. The van der Waals surface area contributed by atoms with Crippen molar-refractivity contribution in [2.75, 3.05) is 33.4 Å². The molecule has 1 aromatic carbocycles. The van der Waals surface area contributed by atoms with Crippen molar-refractivity contribution in [1.29, 1.82) is 0 Å². The summed E-state index contributed by atoms with van der Waals surface area (Å²) in [6.07, 6.45) is 1.10. The fourth-order valence-electron chi connectivity index (χ4n) is 2.01. The van der Waals surface area contributed by atoms with Gasteiger partial charge in [0.25, 0.3) is 0 Å². The van der Waals surface area contributed by atoms with Gasteiger partial charge in [-0.05, 0) is 25.0 Å². The Morgan fingerprint density at radius 2 is 2.25 bits per heavy atom. The van der Waals surface area contributed by atoms with E-state index in [1.165, 1.54) is 5.56 Å². The highest BCUT2D eigenvalue weighted by Gasteiger charge is 2.07. The minimum absolute atomic E-state index is 0.562. The SMILES string of the molecule is COCCOc1cc(C)ccc1CNC1=NCCCN1. The molecule has 1 aromatic rings. The van der Waals surface area contributed by atoms with Gasteiger partial charge in [0.05, 0.1) is 6.61 Å². The molecular formula is C15H23N3O2. The zero-order valence-electron chi connectivity index (χ0n) is 12.2. The van der Waals surface area contributed by atoms with Crippen LogP contribution in [0, 0.1) is 6.92 Å². The van der Waals surface area contributed by atoms with Gasteiger partial charge in [0.15, 0.2) is 5.96 Å². The van der Waals surface area contributed by atoms with Crippen molar-refractivity contribution in [3.05, 3.63) is 29.3 Å². The number of guanidine groups is 1. The number of benzene rings is 1. The highest BCUT2D eigenvalue weighted by molar-refractivity contribution is 5.80. The molecule has 0 aromatic heterocycles. The van der Waals surface area contributed by atoms with Gasteiger partial charge in [-0.15, -0.1) is 0 Å². The van der Waals surface area contributed by atoms with Gasteiger partial charge in [0.2, 0.25) is 0 Å². The van der Waals surface area contributed by atoms with Crippen molar-refractivity contribution >= 4 is 5.96 Å². The molecule has 0 unspecified atom stereocenters. The molecule has 110 valence electrons. The summed E-state index contributed by atoms with van der Waals surface area (Å²) in [4.78, 5) is 4.40. The quantitative estimate of drug-likeness (QED) is 0.773. The second-order valence-corrected chi connectivity index (χ2v) is 4.82. The van der Waals surface area contributed by atoms with E-state index in [-0.39, 0.29) is 0 Å². The summed E-state index contributed by atoms with van der Waals surface area (Å²) in [5.74, 6) is 1.78. The summed E-state index contributed by atoms with van der Waals surface area (Å²) in [6, 6.07) is 6.24. The first-order valence-corrected chi connectivity index (χ1v) is 7.03. The largest absolute Gasteiger partial charge is 0.491 e. The fraction of sp³-hybridized carbons (Fsp3) is 0.533. The van der Waals surface area contributed by atoms with Crippen LogP contribution in [-0.2, 0) is 11.3 Å². The van der Waals surface area contributed by atoms with Crippen LogP contribution in [0.25, 0.3) is 0 Å². The molecule has 20 heavy (non-hydrogen) atoms. The first-order chi connectivity index (χ1) is 9.79. The van der Waals surface area contributed by atoms with Crippen LogP contribution in [0.2, 0.25) is 0 Å². The molecular weight excluding hydrogens is 254 g/mol. The standard InChI is InChI=1S/C15H23N3O2/c1-12-4-5-13(14(10-12)20-9-8-19-2)11-18-15-16-6-3-7-17-15/h4-5,10H,3,6-9,11H2,1-2H3,(H2,16,17,18). The van der Waals surface area contributed by atoms with Crippen molar-refractivity contribution < 1.29 is 9.47 Å². The van der Waals surface area contributed by atoms with Gasteiger partial charge < -0.3 is 20.1 Å². The first-order valence-electron chi connectivity index (χ1n) is 7.03. The van der Waals surface area contributed by atoms with Gasteiger partial charge in [0, 0.05) is 32.3 Å². The van der Waals surface area contributed by atoms with E-state index in [0.29, 0.717) is 19.8 Å². The monoisotopic (exact) mass is 277 g/mol. The van der Waals surface area contributed by atoms with Gasteiger partial charge in [-0.1, -0.05) is 12.1 Å². The molecule has 0 saturated heterocycles. The zero-order chi connectivity index (χ0) is 14.2. The lowest BCUT2D eigenvalue weighted by Crippen LogP contribution is -2.40. The topological polar surface area (TPSA) is 54.9 Å². The van der Waals surface area contributed by atoms with Crippen LogP contribution >= 0.6 is 0 Å². The second kappa shape index (κ2) is 7.75. The van der Waals surface area contributed by atoms with Crippen molar-refractivity contribution in [1.82, 2.24) is 10.6 Å². The molecule has 1 aliphatic heterocycles. The Morgan fingerprint density at radius 1 is 1.35 bits per heavy atom. The summed E-state index contributed by atoms with van der Waals surface area (Å²) in [6.45, 7) is 5.79. The van der Waals surface area contributed by atoms with Crippen molar-refractivity contribution in [2.45, 2.75) is 19.9 Å². The summed E-state index contributed by atoms with van der Waals surface area (Å²) in [5, 5.41) is 6.57.